The fourth-order valence-corrected chi connectivity index (χ4v) is 4.08. The standard InChI is InChI=1S/C15H21N3O2S/c1-10(2)15(5-6-15)9-18-21(19,20)14-8-17-13-4-3-11(16)7-12(13)14/h3-4,7-8,10,17-18H,5-6,9,16H2,1-2H3. The molecule has 0 amide bonds. The van der Waals surface area contributed by atoms with Gasteiger partial charge in [0.05, 0.1) is 0 Å². The normalized spacial score (nSPS) is 17.5. The van der Waals surface area contributed by atoms with Crippen LogP contribution in [0.2, 0.25) is 0 Å². The first-order chi connectivity index (χ1) is 9.84. The number of anilines is 1. The third kappa shape index (κ3) is 2.53. The number of nitrogens with two attached hydrogens (primary N) is 1. The third-order valence-corrected chi connectivity index (χ3v) is 6.13. The minimum absolute atomic E-state index is 0.137. The lowest BCUT2D eigenvalue weighted by Gasteiger charge is -2.19. The number of H-pyrrole nitrogens is 1. The number of fused-ring (bicyclic) bond motifs is 1. The van der Waals surface area contributed by atoms with E-state index < -0.39 is 10.0 Å². The molecule has 1 aliphatic rings. The van der Waals surface area contributed by atoms with Gasteiger partial charge in [-0.1, -0.05) is 13.8 Å². The highest BCUT2D eigenvalue weighted by Crippen LogP contribution is 2.51. The molecule has 4 N–H and O–H groups in total. The minimum Gasteiger partial charge on any atom is -0.399 e. The van der Waals surface area contributed by atoms with Crippen LogP contribution >= 0.6 is 0 Å². The van der Waals surface area contributed by atoms with Crippen molar-refractivity contribution in [3.8, 4) is 0 Å². The number of sulfonamides is 1. The van der Waals surface area contributed by atoms with Gasteiger partial charge in [-0.25, -0.2) is 13.1 Å². The first kappa shape index (κ1) is 14.4. The molecule has 0 bridgehead atoms. The van der Waals surface area contributed by atoms with Gasteiger partial charge in [0.15, 0.2) is 0 Å². The Kier molecular flexibility index (Phi) is 3.26. The molecular weight excluding hydrogens is 286 g/mol. The van der Waals surface area contributed by atoms with Crippen LogP contribution in [0.3, 0.4) is 0 Å². The van der Waals surface area contributed by atoms with E-state index in [4.69, 9.17) is 5.73 Å². The Morgan fingerprint density at radius 1 is 1.38 bits per heavy atom. The van der Waals surface area contributed by atoms with Crippen molar-refractivity contribution in [3.05, 3.63) is 24.4 Å². The summed E-state index contributed by atoms with van der Waals surface area (Å²) >= 11 is 0. The maximum Gasteiger partial charge on any atom is 0.242 e. The Labute approximate surface area is 125 Å². The molecule has 0 aliphatic heterocycles. The number of hydrogen-bond acceptors (Lipinski definition) is 3. The predicted octanol–water partition coefficient (Wildman–Crippen LogP) is 2.46. The number of hydrogen-bond donors (Lipinski definition) is 3. The number of nitrogen functional groups attached to an aromatic ring is 1. The van der Waals surface area contributed by atoms with Crippen molar-refractivity contribution in [2.24, 2.45) is 11.3 Å². The van der Waals surface area contributed by atoms with Crippen LogP contribution in [0, 0.1) is 11.3 Å². The van der Waals surface area contributed by atoms with E-state index >= 15 is 0 Å². The van der Waals surface area contributed by atoms with Crippen molar-refractivity contribution in [1.29, 1.82) is 0 Å². The van der Waals surface area contributed by atoms with Gasteiger partial charge in [-0.05, 0) is 42.4 Å². The summed E-state index contributed by atoms with van der Waals surface area (Å²) in [6.07, 6.45) is 3.71. The Bertz CT molecular complexity index is 773. The van der Waals surface area contributed by atoms with Crippen LogP contribution < -0.4 is 10.5 Å². The topological polar surface area (TPSA) is 88.0 Å². The Morgan fingerprint density at radius 3 is 2.71 bits per heavy atom. The third-order valence-electron chi connectivity index (χ3n) is 4.69. The zero-order valence-electron chi connectivity index (χ0n) is 12.3. The molecule has 0 unspecified atom stereocenters. The van der Waals surface area contributed by atoms with Gasteiger partial charge in [0, 0.05) is 29.3 Å². The number of rotatable bonds is 5. The average molecular weight is 307 g/mol. The molecule has 1 fully saturated rings. The molecule has 3 rings (SSSR count). The van der Waals surface area contributed by atoms with E-state index in [-0.39, 0.29) is 10.3 Å². The molecule has 2 aromatic rings. The predicted molar refractivity (Wildman–Crippen MR) is 84.4 cm³/mol. The molecule has 0 atom stereocenters. The van der Waals surface area contributed by atoms with Crippen LogP contribution in [0.4, 0.5) is 5.69 Å². The van der Waals surface area contributed by atoms with Gasteiger partial charge in [-0.2, -0.15) is 0 Å². The lowest BCUT2D eigenvalue weighted by Crippen LogP contribution is -2.32. The molecule has 114 valence electrons. The molecule has 1 heterocycles. The van der Waals surface area contributed by atoms with Crippen LogP contribution in [0.25, 0.3) is 10.9 Å². The van der Waals surface area contributed by atoms with Crippen molar-refractivity contribution in [1.82, 2.24) is 9.71 Å². The molecule has 1 aliphatic carbocycles. The maximum absolute atomic E-state index is 12.5. The van der Waals surface area contributed by atoms with Crippen molar-refractivity contribution < 1.29 is 8.42 Å². The molecule has 1 aromatic heterocycles. The molecule has 5 nitrogen and oxygen atoms in total. The zero-order chi connectivity index (χ0) is 15.3. The van der Waals surface area contributed by atoms with E-state index in [0.29, 0.717) is 23.5 Å². The summed E-state index contributed by atoms with van der Waals surface area (Å²) in [5.41, 5.74) is 7.22. The van der Waals surface area contributed by atoms with Gasteiger partial charge in [-0.15, -0.1) is 0 Å². The maximum atomic E-state index is 12.5. The van der Waals surface area contributed by atoms with Gasteiger partial charge in [0.2, 0.25) is 10.0 Å². The van der Waals surface area contributed by atoms with Crippen LogP contribution in [0.5, 0.6) is 0 Å². The summed E-state index contributed by atoms with van der Waals surface area (Å²) in [5.74, 6) is 0.485. The van der Waals surface area contributed by atoms with Crippen molar-refractivity contribution in [3.63, 3.8) is 0 Å². The average Bonchev–Trinajstić information content (AvgIpc) is 3.10. The summed E-state index contributed by atoms with van der Waals surface area (Å²) < 4.78 is 27.9. The van der Waals surface area contributed by atoms with Crippen LogP contribution in [0.1, 0.15) is 26.7 Å². The number of nitrogens with one attached hydrogen (secondary N) is 2. The summed E-state index contributed by atoms with van der Waals surface area (Å²) in [4.78, 5) is 3.25. The van der Waals surface area contributed by atoms with E-state index in [1.54, 1.807) is 18.2 Å². The summed E-state index contributed by atoms with van der Waals surface area (Å²) in [6, 6.07) is 5.23. The van der Waals surface area contributed by atoms with Gasteiger partial charge < -0.3 is 10.7 Å². The Balaban J connectivity index is 1.88. The second-order valence-electron chi connectivity index (χ2n) is 6.30. The van der Waals surface area contributed by atoms with E-state index in [1.165, 1.54) is 6.20 Å². The Hall–Kier alpha value is -1.53. The molecule has 0 saturated heterocycles. The summed E-state index contributed by atoms with van der Waals surface area (Å²) in [6.45, 7) is 4.80. The lowest BCUT2D eigenvalue weighted by atomic mass is 9.93. The quantitative estimate of drug-likeness (QED) is 0.741. The summed E-state index contributed by atoms with van der Waals surface area (Å²) in [5, 5.41) is 0.636. The first-order valence-corrected chi connectivity index (χ1v) is 8.69. The van der Waals surface area contributed by atoms with Crippen molar-refractivity contribution in [2.45, 2.75) is 31.6 Å². The van der Waals surface area contributed by atoms with Gasteiger partial charge in [0.25, 0.3) is 0 Å². The van der Waals surface area contributed by atoms with Gasteiger partial charge in [0.1, 0.15) is 4.90 Å². The highest BCUT2D eigenvalue weighted by molar-refractivity contribution is 7.89. The monoisotopic (exact) mass is 307 g/mol. The van der Waals surface area contributed by atoms with E-state index in [2.05, 4.69) is 23.6 Å². The van der Waals surface area contributed by atoms with Crippen molar-refractivity contribution >= 4 is 26.6 Å². The SMILES string of the molecule is CC(C)C1(CNS(=O)(=O)c2c[nH]c3ccc(N)cc23)CC1. The van der Waals surface area contributed by atoms with Gasteiger partial charge >= 0.3 is 0 Å². The van der Waals surface area contributed by atoms with Crippen LogP contribution in [-0.4, -0.2) is 19.9 Å². The second-order valence-corrected chi connectivity index (χ2v) is 8.03. The first-order valence-electron chi connectivity index (χ1n) is 7.20. The lowest BCUT2D eigenvalue weighted by molar-refractivity contribution is 0.357. The molecule has 1 aromatic carbocycles. The molecular formula is C15H21N3O2S. The smallest absolute Gasteiger partial charge is 0.242 e. The molecule has 1 saturated carbocycles. The highest BCUT2D eigenvalue weighted by atomic mass is 32.2. The molecule has 0 radical (unpaired) electrons. The fraction of sp³-hybridized carbons (Fsp3) is 0.467. The number of aromatic nitrogens is 1. The largest absolute Gasteiger partial charge is 0.399 e. The van der Waals surface area contributed by atoms with Crippen LogP contribution in [0.15, 0.2) is 29.3 Å². The van der Waals surface area contributed by atoms with Crippen LogP contribution in [-0.2, 0) is 10.0 Å². The van der Waals surface area contributed by atoms with Gasteiger partial charge in [-0.3, -0.25) is 0 Å². The van der Waals surface area contributed by atoms with E-state index in [0.717, 1.165) is 18.4 Å². The molecule has 21 heavy (non-hydrogen) atoms. The second kappa shape index (κ2) is 4.74. The Morgan fingerprint density at radius 2 is 2.10 bits per heavy atom. The van der Waals surface area contributed by atoms with E-state index in [1.807, 2.05) is 0 Å². The summed E-state index contributed by atoms with van der Waals surface area (Å²) in [7, 11) is -3.52. The molecule has 6 heteroatoms. The molecule has 0 spiro atoms. The number of aromatic amines is 1. The fourth-order valence-electron chi connectivity index (χ4n) is 2.77. The minimum atomic E-state index is -3.52. The van der Waals surface area contributed by atoms with Crippen molar-refractivity contribution in [2.75, 3.05) is 12.3 Å². The highest BCUT2D eigenvalue weighted by Gasteiger charge is 2.45. The zero-order valence-corrected chi connectivity index (χ0v) is 13.1. The van der Waals surface area contributed by atoms with E-state index in [9.17, 15) is 8.42 Å². The number of benzene rings is 1.